The van der Waals surface area contributed by atoms with Gasteiger partial charge >= 0.3 is 0 Å². The smallest absolute Gasteiger partial charge is 0.146 e. The average molecular weight is 262 g/mol. The van der Waals surface area contributed by atoms with Crippen LogP contribution in [0, 0.1) is 11.3 Å². The van der Waals surface area contributed by atoms with Gasteiger partial charge in [0.1, 0.15) is 16.9 Å². The van der Waals surface area contributed by atoms with Crippen molar-refractivity contribution in [3.05, 3.63) is 34.5 Å². The molecule has 94 valence electrons. The fraction of sp³-hybridized carbons (Fsp3) is 0.429. The molecule has 1 aromatic rings. The maximum atomic E-state index is 8.87. The lowest BCUT2D eigenvalue weighted by Crippen LogP contribution is -2.06. The summed E-state index contributed by atoms with van der Waals surface area (Å²) in [5.41, 5.74) is 1.98. The number of hydrogen-bond donors (Lipinski definition) is 1. The van der Waals surface area contributed by atoms with E-state index in [1.807, 2.05) is 0 Å². The maximum absolute atomic E-state index is 8.87. The van der Waals surface area contributed by atoms with Crippen molar-refractivity contribution < 1.29 is 0 Å². The third-order valence-electron chi connectivity index (χ3n) is 3.13. The van der Waals surface area contributed by atoms with Gasteiger partial charge < -0.3 is 5.32 Å². The summed E-state index contributed by atoms with van der Waals surface area (Å²) < 4.78 is 0. The lowest BCUT2D eigenvalue weighted by molar-refractivity contribution is 0.679. The van der Waals surface area contributed by atoms with Crippen molar-refractivity contribution in [2.24, 2.45) is 0 Å². The number of nitriles is 1. The SMILES string of the molecule is N#Cc1ccnc(NCCC2=CCCCC2)c1Cl. The number of allylic oxidation sites excluding steroid dienone is 1. The zero-order valence-corrected chi connectivity index (χ0v) is 11.0. The second-order valence-electron chi connectivity index (χ2n) is 4.42. The normalized spacial score (nSPS) is 14.8. The largest absolute Gasteiger partial charge is 0.368 e. The molecule has 4 heteroatoms. The molecule has 18 heavy (non-hydrogen) atoms. The molecule has 1 aliphatic rings. The Morgan fingerprint density at radius 2 is 2.33 bits per heavy atom. The summed E-state index contributed by atoms with van der Waals surface area (Å²) in [6.07, 6.45) is 10.00. The predicted octanol–water partition coefficient (Wildman–Crippen LogP) is 3.91. The summed E-state index contributed by atoms with van der Waals surface area (Å²) in [7, 11) is 0. The zero-order valence-electron chi connectivity index (χ0n) is 10.2. The van der Waals surface area contributed by atoms with E-state index in [0.29, 0.717) is 16.4 Å². The van der Waals surface area contributed by atoms with E-state index in [1.165, 1.54) is 31.3 Å². The number of rotatable bonds is 4. The number of aromatic nitrogens is 1. The van der Waals surface area contributed by atoms with E-state index in [2.05, 4.69) is 22.4 Å². The third kappa shape index (κ3) is 3.24. The summed E-state index contributed by atoms with van der Waals surface area (Å²) in [6.45, 7) is 0.813. The highest BCUT2D eigenvalue weighted by Gasteiger charge is 2.07. The fourth-order valence-electron chi connectivity index (χ4n) is 2.13. The minimum absolute atomic E-state index is 0.414. The van der Waals surface area contributed by atoms with Crippen molar-refractivity contribution in [1.82, 2.24) is 4.98 Å². The number of halogens is 1. The molecular weight excluding hydrogens is 246 g/mol. The van der Waals surface area contributed by atoms with E-state index >= 15 is 0 Å². The Bertz CT molecular complexity index is 488. The van der Waals surface area contributed by atoms with E-state index in [9.17, 15) is 0 Å². The Morgan fingerprint density at radius 3 is 3.06 bits per heavy atom. The van der Waals surface area contributed by atoms with Crippen molar-refractivity contribution in [3.8, 4) is 6.07 Å². The van der Waals surface area contributed by atoms with E-state index in [1.54, 1.807) is 12.3 Å². The van der Waals surface area contributed by atoms with Gasteiger partial charge in [0.25, 0.3) is 0 Å². The Labute approximate surface area is 112 Å². The second-order valence-corrected chi connectivity index (χ2v) is 4.80. The van der Waals surface area contributed by atoms with Crippen LogP contribution in [0.25, 0.3) is 0 Å². The first-order valence-corrected chi connectivity index (χ1v) is 6.65. The van der Waals surface area contributed by atoms with Crippen LogP contribution in [0.3, 0.4) is 0 Å². The third-order valence-corrected chi connectivity index (χ3v) is 3.52. The van der Waals surface area contributed by atoms with Crippen LogP contribution in [0.2, 0.25) is 5.02 Å². The first-order valence-electron chi connectivity index (χ1n) is 6.27. The van der Waals surface area contributed by atoms with Crippen molar-refractivity contribution in [1.29, 1.82) is 5.26 Å². The summed E-state index contributed by atoms with van der Waals surface area (Å²) in [5, 5.41) is 12.5. The van der Waals surface area contributed by atoms with E-state index in [0.717, 1.165) is 13.0 Å². The Kier molecular flexibility index (Phi) is 4.60. The molecule has 0 amide bonds. The molecular formula is C14H16ClN3. The van der Waals surface area contributed by atoms with Crippen LogP contribution in [0.5, 0.6) is 0 Å². The topological polar surface area (TPSA) is 48.7 Å². The Hall–Kier alpha value is -1.53. The summed E-state index contributed by atoms with van der Waals surface area (Å²) in [5.74, 6) is 0.604. The molecule has 2 rings (SSSR count). The molecule has 1 aliphatic carbocycles. The summed E-state index contributed by atoms with van der Waals surface area (Å²) >= 11 is 6.07. The van der Waals surface area contributed by atoms with Crippen molar-refractivity contribution in [2.75, 3.05) is 11.9 Å². The van der Waals surface area contributed by atoms with Crippen LogP contribution in [-0.2, 0) is 0 Å². The lowest BCUT2D eigenvalue weighted by atomic mass is 9.97. The second kappa shape index (κ2) is 6.42. The van der Waals surface area contributed by atoms with Gasteiger partial charge in [-0.1, -0.05) is 23.3 Å². The molecule has 0 radical (unpaired) electrons. The van der Waals surface area contributed by atoms with Gasteiger partial charge in [-0.25, -0.2) is 4.98 Å². The highest BCUT2D eigenvalue weighted by molar-refractivity contribution is 6.34. The van der Waals surface area contributed by atoms with Gasteiger partial charge in [0.05, 0.1) is 5.56 Å². The maximum Gasteiger partial charge on any atom is 0.146 e. The number of hydrogen-bond acceptors (Lipinski definition) is 3. The molecule has 0 aliphatic heterocycles. The van der Waals surface area contributed by atoms with E-state index in [-0.39, 0.29) is 0 Å². The number of nitrogens with zero attached hydrogens (tertiary/aromatic N) is 2. The minimum atomic E-state index is 0.414. The fourth-order valence-corrected chi connectivity index (χ4v) is 2.35. The highest BCUT2D eigenvalue weighted by atomic mass is 35.5. The van der Waals surface area contributed by atoms with Gasteiger partial charge in [0.2, 0.25) is 0 Å². The highest BCUT2D eigenvalue weighted by Crippen LogP contribution is 2.24. The summed E-state index contributed by atoms with van der Waals surface area (Å²) in [6, 6.07) is 3.67. The number of pyridine rings is 1. The standard InChI is InChI=1S/C14H16ClN3/c15-13-12(10-16)7-9-18-14(13)17-8-6-11-4-2-1-3-5-11/h4,7,9H,1-3,5-6,8H2,(H,17,18). The van der Waals surface area contributed by atoms with Gasteiger partial charge in [0.15, 0.2) is 0 Å². The van der Waals surface area contributed by atoms with Gasteiger partial charge in [-0.05, 0) is 38.2 Å². The van der Waals surface area contributed by atoms with Crippen molar-refractivity contribution in [2.45, 2.75) is 32.1 Å². The van der Waals surface area contributed by atoms with Crippen LogP contribution in [0.1, 0.15) is 37.7 Å². The minimum Gasteiger partial charge on any atom is -0.368 e. The van der Waals surface area contributed by atoms with Crippen LogP contribution >= 0.6 is 11.6 Å². The molecule has 0 aromatic carbocycles. The van der Waals surface area contributed by atoms with Gasteiger partial charge in [0, 0.05) is 12.7 Å². The first-order chi connectivity index (χ1) is 8.81. The predicted molar refractivity (Wildman–Crippen MR) is 73.6 cm³/mol. The van der Waals surface area contributed by atoms with E-state index < -0.39 is 0 Å². The molecule has 3 nitrogen and oxygen atoms in total. The molecule has 0 bridgehead atoms. The van der Waals surface area contributed by atoms with E-state index in [4.69, 9.17) is 16.9 Å². The van der Waals surface area contributed by atoms with Crippen LogP contribution in [0.4, 0.5) is 5.82 Å². The van der Waals surface area contributed by atoms with Gasteiger partial charge in [-0.15, -0.1) is 0 Å². The van der Waals surface area contributed by atoms with Crippen molar-refractivity contribution in [3.63, 3.8) is 0 Å². The van der Waals surface area contributed by atoms with Crippen molar-refractivity contribution >= 4 is 17.4 Å². The number of nitrogens with one attached hydrogen (secondary N) is 1. The molecule has 0 saturated heterocycles. The first kappa shape index (κ1) is 12.9. The quantitative estimate of drug-likeness (QED) is 0.836. The van der Waals surface area contributed by atoms with Crippen LogP contribution in [0.15, 0.2) is 23.9 Å². The average Bonchev–Trinajstić information content (AvgIpc) is 2.42. The molecule has 1 aromatic heterocycles. The molecule has 1 N–H and O–H groups in total. The molecule has 0 saturated carbocycles. The van der Waals surface area contributed by atoms with Gasteiger partial charge in [-0.2, -0.15) is 5.26 Å². The molecule has 0 unspecified atom stereocenters. The van der Waals surface area contributed by atoms with Crippen LogP contribution in [-0.4, -0.2) is 11.5 Å². The molecule has 0 fully saturated rings. The van der Waals surface area contributed by atoms with Gasteiger partial charge in [-0.3, -0.25) is 0 Å². The molecule has 0 atom stereocenters. The summed E-state index contributed by atoms with van der Waals surface area (Å²) in [4.78, 5) is 4.16. The lowest BCUT2D eigenvalue weighted by Gasteiger charge is -2.13. The Morgan fingerprint density at radius 1 is 1.44 bits per heavy atom. The zero-order chi connectivity index (χ0) is 12.8. The van der Waals surface area contributed by atoms with Crippen LogP contribution < -0.4 is 5.32 Å². The number of anilines is 1. The molecule has 1 heterocycles. The molecule has 0 spiro atoms. The Balaban J connectivity index is 1.90. The monoisotopic (exact) mass is 261 g/mol.